The average Bonchev–Trinajstić information content (AvgIpc) is 3.23. The van der Waals surface area contributed by atoms with Crippen molar-refractivity contribution < 1.29 is 14.3 Å². The minimum absolute atomic E-state index is 0.125. The number of benzene rings is 1. The normalized spacial score (nSPS) is 13.3. The molecule has 0 fully saturated rings. The largest absolute Gasteiger partial charge is 0.459 e. The molecule has 1 aliphatic rings. The van der Waals surface area contributed by atoms with Crippen molar-refractivity contribution in [2.75, 3.05) is 18.4 Å². The number of carbonyl (C=O) groups excluding carboxylic acids is 2. The number of hydrogen-bond acceptors (Lipinski definition) is 7. The molecule has 9 heteroatoms. The van der Waals surface area contributed by atoms with Crippen LogP contribution in [0, 0.1) is 0 Å². The number of anilines is 1. The fourth-order valence-corrected chi connectivity index (χ4v) is 5.80. The van der Waals surface area contributed by atoms with Gasteiger partial charge in [0.2, 0.25) is 5.91 Å². The summed E-state index contributed by atoms with van der Waals surface area (Å²) in [5.74, 6) is -0.119. The molecular weight excluding hydrogens is 476 g/mol. The van der Waals surface area contributed by atoms with Crippen LogP contribution in [0.5, 0.6) is 0 Å². The molecule has 4 rings (SSSR count). The maximum Gasteiger partial charge on any atom is 0.338 e. The Hall–Kier alpha value is -3.04. The van der Waals surface area contributed by atoms with Crippen LogP contribution in [0.2, 0.25) is 0 Å². The van der Waals surface area contributed by atoms with Crippen molar-refractivity contribution in [1.29, 1.82) is 0 Å². The molecule has 192 valence electrons. The first-order chi connectivity index (χ1) is 17.3. The lowest BCUT2D eigenvalue weighted by Crippen LogP contribution is -2.34. The number of carbonyl (C=O) groups is 2. The molecule has 1 N–H and O–H groups in total. The topological polar surface area (TPSA) is 93.5 Å². The second-order valence-corrected chi connectivity index (χ2v) is 10.4. The van der Waals surface area contributed by atoms with Crippen molar-refractivity contribution in [3.63, 3.8) is 0 Å². The zero-order valence-electron chi connectivity index (χ0n) is 21.4. The minimum atomic E-state index is -0.408. The molecule has 0 unspecified atom stereocenters. The molecule has 0 saturated heterocycles. The molecule has 0 spiro atoms. The van der Waals surface area contributed by atoms with E-state index in [9.17, 15) is 14.4 Å². The van der Waals surface area contributed by atoms with Gasteiger partial charge < -0.3 is 10.1 Å². The van der Waals surface area contributed by atoms with E-state index in [-0.39, 0.29) is 24.1 Å². The Morgan fingerprint density at radius 3 is 2.50 bits per heavy atom. The average molecular weight is 511 g/mol. The zero-order chi connectivity index (χ0) is 25.8. The highest BCUT2D eigenvalue weighted by Crippen LogP contribution is 2.33. The lowest BCUT2D eigenvalue weighted by atomic mass is 9.97. The highest BCUT2D eigenvalue weighted by Gasteiger charge is 2.23. The van der Waals surface area contributed by atoms with Crippen LogP contribution in [0.25, 0.3) is 10.2 Å². The van der Waals surface area contributed by atoms with Crippen molar-refractivity contribution >= 4 is 39.1 Å². The predicted octanol–water partition coefficient (Wildman–Crippen LogP) is 4.38. The van der Waals surface area contributed by atoms with Gasteiger partial charge in [0.15, 0.2) is 0 Å². The van der Waals surface area contributed by atoms with Crippen molar-refractivity contribution in [3.05, 3.63) is 56.4 Å². The molecule has 2 aromatic heterocycles. The van der Waals surface area contributed by atoms with E-state index >= 15 is 0 Å². The molecule has 0 radical (unpaired) electrons. The molecule has 3 aromatic rings. The Bertz CT molecular complexity index is 1310. The van der Waals surface area contributed by atoms with Crippen LogP contribution in [-0.2, 0) is 35.5 Å². The van der Waals surface area contributed by atoms with Gasteiger partial charge in [-0.05, 0) is 82.4 Å². The van der Waals surface area contributed by atoms with Gasteiger partial charge in [0.1, 0.15) is 17.2 Å². The third-order valence-corrected chi connectivity index (χ3v) is 7.65. The molecule has 0 bridgehead atoms. The Labute approximate surface area is 215 Å². The molecule has 8 nitrogen and oxygen atoms in total. The number of amides is 1. The van der Waals surface area contributed by atoms with E-state index in [1.54, 1.807) is 49.4 Å². The SMILES string of the molecule is CCN(CC)Cc1nc2sc3c(c2c(=O)n1CC(=O)Nc1ccc(C(=O)OC(C)C)cc1)CCCC3. The third kappa shape index (κ3) is 5.68. The van der Waals surface area contributed by atoms with Gasteiger partial charge >= 0.3 is 5.97 Å². The van der Waals surface area contributed by atoms with E-state index in [4.69, 9.17) is 9.72 Å². The Morgan fingerprint density at radius 1 is 1.14 bits per heavy atom. The van der Waals surface area contributed by atoms with E-state index < -0.39 is 5.97 Å². The van der Waals surface area contributed by atoms with Gasteiger partial charge in [-0.25, -0.2) is 9.78 Å². The summed E-state index contributed by atoms with van der Waals surface area (Å²) in [4.78, 5) is 48.0. The number of nitrogens with zero attached hydrogens (tertiary/aromatic N) is 3. The van der Waals surface area contributed by atoms with Crippen LogP contribution in [0.1, 0.15) is 67.2 Å². The van der Waals surface area contributed by atoms with Gasteiger partial charge in [-0.15, -0.1) is 11.3 Å². The van der Waals surface area contributed by atoms with Crippen LogP contribution in [0.3, 0.4) is 0 Å². The molecule has 0 saturated carbocycles. The van der Waals surface area contributed by atoms with E-state index in [0.717, 1.165) is 49.2 Å². The summed E-state index contributed by atoms with van der Waals surface area (Å²) in [5, 5.41) is 3.53. The second kappa shape index (κ2) is 11.3. The maximum absolute atomic E-state index is 13.7. The van der Waals surface area contributed by atoms with Crippen LogP contribution in [0.15, 0.2) is 29.1 Å². The number of ether oxygens (including phenoxy) is 1. The standard InChI is InChI=1S/C27H34N4O4S/c1-5-30(6-2)15-22-29-25-24(20-9-7-8-10-21(20)36-25)26(33)31(22)16-23(32)28-19-13-11-18(12-14-19)27(34)35-17(3)4/h11-14,17H,5-10,15-16H2,1-4H3,(H,28,32). The van der Waals surface area contributed by atoms with Crippen molar-refractivity contribution in [3.8, 4) is 0 Å². The van der Waals surface area contributed by atoms with Crippen LogP contribution in [-0.4, -0.2) is 45.5 Å². The number of hydrogen-bond donors (Lipinski definition) is 1. The summed E-state index contributed by atoms with van der Waals surface area (Å²) in [7, 11) is 0. The van der Waals surface area contributed by atoms with E-state index in [0.29, 0.717) is 29.0 Å². The summed E-state index contributed by atoms with van der Waals surface area (Å²) in [6, 6.07) is 6.54. The summed E-state index contributed by atoms with van der Waals surface area (Å²) >= 11 is 1.63. The monoisotopic (exact) mass is 510 g/mol. The van der Waals surface area contributed by atoms with Gasteiger partial charge in [0, 0.05) is 10.6 Å². The number of thiophene rings is 1. The number of rotatable bonds is 9. The highest BCUT2D eigenvalue weighted by molar-refractivity contribution is 7.18. The summed E-state index contributed by atoms with van der Waals surface area (Å²) in [6.07, 6.45) is 3.87. The molecule has 0 aliphatic heterocycles. The Balaban J connectivity index is 1.61. The number of nitrogens with one attached hydrogen (secondary N) is 1. The lowest BCUT2D eigenvalue weighted by molar-refractivity contribution is -0.116. The van der Waals surface area contributed by atoms with E-state index in [2.05, 4.69) is 24.1 Å². The van der Waals surface area contributed by atoms with Crippen LogP contribution in [0.4, 0.5) is 5.69 Å². The third-order valence-electron chi connectivity index (χ3n) is 6.46. The van der Waals surface area contributed by atoms with E-state index in [1.165, 1.54) is 9.44 Å². The fraction of sp³-hybridized carbons (Fsp3) is 0.481. The minimum Gasteiger partial charge on any atom is -0.459 e. The van der Waals surface area contributed by atoms with E-state index in [1.807, 2.05) is 0 Å². The van der Waals surface area contributed by atoms with Crippen molar-refractivity contribution in [1.82, 2.24) is 14.5 Å². The van der Waals surface area contributed by atoms with Gasteiger partial charge in [0.25, 0.3) is 5.56 Å². The van der Waals surface area contributed by atoms with Crippen molar-refractivity contribution in [2.24, 2.45) is 0 Å². The molecular formula is C27H34N4O4S. The summed E-state index contributed by atoms with van der Waals surface area (Å²) in [6.45, 7) is 9.75. The molecule has 1 amide bonds. The number of aromatic nitrogens is 2. The Kier molecular flexibility index (Phi) is 8.21. The molecule has 1 aliphatic carbocycles. The first-order valence-corrected chi connectivity index (χ1v) is 13.5. The smallest absolute Gasteiger partial charge is 0.338 e. The predicted molar refractivity (Wildman–Crippen MR) is 143 cm³/mol. The lowest BCUT2D eigenvalue weighted by Gasteiger charge is -2.20. The second-order valence-electron chi connectivity index (χ2n) is 9.35. The van der Waals surface area contributed by atoms with Gasteiger partial charge in [-0.3, -0.25) is 19.1 Å². The first kappa shape index (κ1) is 26.0. The molecule has 1 aromatic carbocycles. The highest BCUT2D eigenvalue weighted by atomic mass is 32.1. The number of esters is 1. The maximum atomic E-state index is 13.7. The van der Waals surface area contributed by atoms with Crippen molar-refractivity contribution in [2.45, 2.75) is 72.6 Å². The first-order valence-electron chi connectivity index (χ1n) is 12.7. The zero-order valence-corrected chi connectivity index (χ0v) is 22.2. The molecule has 2 heterocycles. The van der Waals surface area contributed by atoms with Crippen LogP contribution < -0.4 is 10.9 Å². The molecule has 36 heavy (non-hydrogen) atoms. The quantitative estimate of drug-likeness (QED) is 0.430. The van der Waals surface area contributed by atoms with Crippen LogP contribution >= 0.6 is 11.3 Å². The van der Waals surface area contributed by atoms with Gasteiger partial charge in [-0.2, -0.15) is 0 Å². The fourth-order valence-electron chi connectivity index (χ4n) is 4.53. The number of fused-ring (bicyclic) bond motifs is 3. The van der Waals surface area contributed by atoms with Gasteiger partial charge in [0.05, 0.1) is 23.6 Å². The van der Waals surface area contributed by atoms with Gasteiger partial charge in [-0.1, -0.05) is 13.8 Å². The number of aryl methyl sites for hydroxylation is 2. The Morgan fingerprint density at radius 2 is 1.83 bits per heavy atom. The summed E-state index contributed by atoms with van der Waals surface area (Å²) in [5.41, 5.74) is 1.94. The molecule has 0 atom stereocenters. The summed E-state index contributed by atoms with van der Waals surface area (Å²) < 4.78 is 6.74.